The molecular weight excluding hydrogens is 216 g/mol. The highest BCUT2D eigenvalue weighted by atomic mass is 16.4. The SMILES string of the molecule is CC(C(=O)O)(c1cccnc1)N1CCCCC1. The van der Waals surface area contributed by atoms with Crippen LogP contribution in [0.3, 0.4) is 0 Å². The number of aromatic nitrogens is 1. The van der Waals surface area contributed by atoms with Crippen LogP contribution in [0.4, 0.5) is 0 Å². The largest absolute Gasteiger partial charge is 0.480 e. The van der Waals surface area contributed by atoms with Gasteiger partial charge < -0.3 is 5.11 Å². The summed E-state index contributed by atoms with van der Waals surface area (Å²) in [6, 6.07) is 3.64. The molecule has 17 heavy (non-hydrogen) atoms. The van der Waals surface area contributed by atoms with E-state index >= 15 is 0 Å². The molecule has 1 aliphatic rings. The Morgan fingerprint density at radius 1 is 1.41 bits per heavy atom. The van der Waals surface area contributed by atoms with E-state index < -0.39 is 11.5 Å². The molecule has 0 bridgehead atoms. The van der Waals surface area contributed by atoms with Crippen LogP contribution in [0.25, 0.3) is 0 Å². The maximum absolute atomic E-state index is 11.7. The zero-order valence-electron chi connectivity index (χ0n) is 10.1. The third-order valence-corrected chi connectivity index (χ3v) is 3.63. The van der Waals surface area contributed by atoms with Gasteiger partial charge in [0, 0.05) is 18.0 Å². The summed E-state index contributed by atoms with van der Waals surface area (Å²) in [5, 5.41) is 9.57. The number of piperidine rings is 1. The maximum atomic E-state index is 11.7. The predicted molar refractivity (Wildman–Crippen MR) is 64.6 cm³/mol. The number of hydrogen-bond donors (Lipinski definition) is 1. The molecule has 1 atom stereocenters. The van der Waals surface area contributed by atoms with Crippen LogP contribution >= 0.6 is 0 Å². The molecule has 4 heteroatoms. The Labute approximate surface area is 101 Å². The Hall–Kier alpha value is -1.42. The maximum Gasteiger partial charge on any atom is 0.328 e. The number of rotatable bonds is 3. The first-order valence-corrected chi connectivity index (χ1v) is 6.04. The molecule has 0 amide bonds. The second-order valence-electron chi connectivity index (χ2n) is 4.67. The summed E-state index contributed by atoms with van der Waals surface area (Å²) in [5.74, 6) is -0.799. The van der Waals surface area contributed by atoms with Gasteiger partial charge in [-0.25, -0.2) is 4.79 Å². The van der Waals surface area contributed by atoms with E-state index in [1.54, 1.807) is 25.4 Å². The molecule has 1 aliphatic heterocycles. The molecule has 0 aliphatic carbocycles. The highest BCUT2D eigenvalue weighted by Gasteiger charge is 2.41. The molecule has 0 saturated carbocycles. The van der Waals surface area contributed by atoms with Crippen molar-refractivity contribution >= 4 is 5.97 Å². The van der Waals surface area contributed by atoms with E-state index in [9.17, 15) is 9.90 Å². The molecule has 2 heterocycles. The summed E-state index contributed by atoms with van der Waals surface area (Å²) in [6.07, 6.45) is 6.66. The van der Waals surface area contributed by atoms with Crippen LogP contribution in [0.5, 0.6) is 0 Å². The molecule has 1 aromatic rings. The van der Waals surface area contributed by atoms with Crippen LogP contribution in [0, 0.1) is 0 Å². The number of nitrogens with zero attached hydrogens (tertiary/aromatic N) is 2. The lowest BCUT2D eigenvalue weighted by molar-refractivity contribution is -0.152. The smallest absolute Gasteiger partial charge is 0.328 e. The van der Waals surface area contributed by atoms with Crippen molar-refractivity contribution in [3.63, 3.8) is 0 Å². The first kappa shape index (κ1) is 12.0. The number of carboxylic acid groups (broad SMARTS) is 1. The molecule has 1 N–H and O–H groups in total. The summed E-state index contributed by atoms with van der Waals surface area (Å²) in [4.78, 5) is 17.7. The molecule has 2 rings (SSSR count). The summed E-state index contributed by atoms with van der Waals surface area (Å²) in [7, 11) is 0. The highest BCUT2D eigenvalue weighted by Crippen LogP contribution is 2.30. The molecular formula is C13H18N2O2. The standard InChI is InChI=1S/C13H18N2O2/c1-13(12(16)17,11-6-5-7-14-10-11)15-8-3-2-4-9-15/h5-7,10H,2-4,8-9H2,1H3,(H,16,17). The summed E-state index contributed by atoms with van der Waals surface area (Å²) < 4.78 is 0. The Morgan fingerprint density at radius 2 is 2.12 bits per heavy atom. The third kappa shape index (κ3) is 2.17. The highest BCUT2D eigenvalue weighted by molar-refractivity contribution is 5.80. The molecule has 4 nitrogen and oxygen atoms in total. The molecule has 92 valence electrons. The Morgan fingerprint density at radius 3 is 2.65 bits per heavy atom. The van der Waals surface area contributed by atoms with E-state index in [1.165, 1.54) is 6.42 Å². The van der Waals surface area contributed by atoms with Crippen LogP contribution in [0.1, 0.15) is 31.7 Å². The minimum Gasteiger partial charge on any atom is -0.480 e. The lowest BCUT2D eigenvalue weighted by Crippen LogP contribution is -2.51. The Balaban J connectivity index is 2.35. The van der Waals surface area contributed by atoms with E-state index in [0.717, 1.165) is 31.5 Å². The lowest BCUT2D eigenvalue weighted by Gasteiger charge is -2.40. The van der Waals surface area contributed by atoms with E-state index in [1.807, 2.05) is 6.07 Å². The minimum absolute atomic E-state index is 0.759. The third-order valence-electron chi connectivity index (χ3n) is 3.63. The number of aliphatic carboxylic acids is 1. The lowest BCUT2D eigenvalue weighted by atomic mass is 9.89. The van der Waals surface area contributed by atoms with Crippen molar-refractivity contribution in [2.24, 2.45) is 0 Å². The van der Waals surface area contributed by atoms with Gasteiger partial charge in [0.25, 0.3) is 0 Å². The van der Waals surface area contributed by atoms with E-state index in [0.29, 0.717) is 0 Å². The predicted octanol–water partition coefficient (Wildman–Crippen LogP) is 1.87. The van der Waals surface area contributed by atoms with Crippen LogP contribution < -0.4 is 0 Å². The zero-order valence-corrected chi connectivity index (χ0v) is 10.1. The van der Waals surface area contributed by atoms with Gasteiger partial charge in [-0.1, -0.05) is 12.5 Å². The number of hydrogen-bond acceptors (Lipinski definition) is 3. The van der Waals surface area contributed by atoms with Gasteiger partial charge in [-0.2, -0.15) is 0 Å². The number of carboxylic acids is 1. The van der Waals surface area contributed by atoms with Crippen molar-refractivity contribution in [2.75, 3.05) is 13.1 Å². The topological polar surface area (TPSA) is 53.4 Å². The molecule has 0 aromatic carbocycles. The van der Waals surface area contributed by atoms with Crippen molar-refractivity contribution < 1.29 is 9.90 Å². The van der Waals surface area contributed by atoms with Crippen LogP contribution in [-0.2, 0) is 10.3 Å². The van der Waals surface area contributed by atoms with Gasteiger partial charge in [-0.15, -0.1) is 0 Å². The first-order valence-electron chi connectivity index (χ1n) is 6.04. The van der Waals surface area contributed by atoms with E-state index in [-0.39, 0.29) is 0 Å². The van der Waals surface area contributed by atoms with Gasteiger partial charge in [0.1, 0.15) is 5.54 Å². The van der Waals surface area contributed by atoms with Gasteiger partial charge in [0.15, 0.2) is 0 Å². The fraction of sp³-hybridized carbons (Fsp3) is 0.538. The summed E-state index contributed by atoms with van der Waals surface area (Å²) in [5.41, 5.74) is -0.191. The van der Waals surface area contributed by atoms with Crippen molar-refractivity contribution in [3.8, 4) is 0 Å². The average molecular weight is 234 g/mol. The van der Waals surface area contributed by atoms with Crippen LogP contribution in [0.15, 0.2) is 24.5 Å². The molecule has 1 unspecified atom stereocenters. The molecule has 0 radical (unpaired) electrons. The van der Waals surface area contributed by atoms with Gasteiger partial charge in [0.05, 0.1) is 0 Å². The second kappa shape index (κ2) is 4.84. The zero-order chi connectivity index (χ0) is 12.3. The van der Waals surface area contributed by atoms with Gasteiger partial charge in [-0.05, 0) is 38.9 Å². The summed E-state index contributed by atoms with van der Waals surface area (Å²) in [6.45, 7) is 3.47. The first-order chi connectivity index (χ1) is 8.15. The fourth-order valence-corrected chi connectivity index (χ4v) is 2.43. The Bertz CT molecular complexity index is 388. The van der Waals surface area contributed by atoms with E-state index in [2.05, 4.69) is 9.88 Å². The van der Waals surface area contributed by atoms with Gasteiger partial charge in [0.2, 0.25) is 0 Å². The Kier molecular flexibility index (Phi) is 3.43. The van der Waals surface area contributed by atoms with Crippen molar-refractivity contribution in [1.82, 2.24) is 9.88 Å². The number of pyridine rings is 1. The summed E-state index contributed by atoms with van der Waals surface area (Å²) >= 11 is 0. The number of likely N-dealkylation sites (tertiary alicyclic amines) is 1. The number of carbonyl (C=O) groups is 1. The van der Waals surface area contributed by atoms with Gasteiger partial charge >= 0.3 is 5.97 Å². The second-order valence-corrected chi connectivity index (χ2v) is 4.67. The molecule has 1 aromatic heterocycles. The minimum atomic E-state index is -0.950. The van der Waals surface area contributed by atoms with Crippen LogP contribution in [-0.4, -0.2) is 34.0 Å². The fourth-order valence-electron chi connectivity index (χ4n) is 2.43. The van der Waals surface area contributed by atoms with E-state index in [4.69, 9.17) is 0 Å². The monoisotopic (exact) mass is 234 g/mol. The van der Waals surface area contributed by atoms with Crippen molar-refractivity contribution in [2.45, 2.75) is 31.7 Å². The normalized spacial score (nSPS) is 20.8. The molecule has 0 spiro atoms. The molecule has 1 fully saturated rings. The van der Waals surface area contributed by atoms with Crippen LogP contribution in [0.2, 0.25) is 0 Å². The average Bonchev–Trinajstić information content (AvgIpc) is 2.39. The van der Waals surface area contributed by atoms with Crippen molar-refractivity contribution in [3.05, 3.63) is 30.1 Å². The van der Waals surface area contributed by atoms with Crippen molar-refractivity contribution in [1.29, 1.82) is 0 Å². The molecule has 1 saturated heterocycles. The van der Waals surface area contributed by atoms with Gasteiger partial charge in [-0.3, -0.25) is 9.88 Å². The quantitative estimate of drug-likeness (QED) is 0.867.